The van der Waals surface area contributed by atoms with E-state index in [1.165, 1.54) is 30.5 Å². The summed E-state index contributed by atoms with van der Waals surface area (Å²) in [5, 5.41) is 5.51. The zero-order chi connectivity index (χ0) is 19.3. The van der Waals surface area contributed by atoms with Crippen molar-refractivity contribution in [2.45, 2.75) is 12.7 Å². The minimum Gasteiger partial charge on any atom is -0.364 e. The maximum Gasteiger partial charge on any atom is 0.416 e. The Bertz CT molecular complexity index is 929. The third kappa shape index (κ3) is 5.04. The maximum atomic E-state index is 12.8. The van der Waals surface area contributed by atoms with E-state index < -0.39 is 17.6 Å². The SMILES string of the molecule is O=C(Nc1cccc(C(F)(F)F)c1)c1ccnc(NCc2ccccn2)c1. The number of alkyl halides is 3. The molecule has 3 aromatic rings. The second kappa shape index (κ2) is 7.86. The summed E-state index contributed by atoms with van der Waals surface area (Å²) >= 11 is 0. The van der Waals surface area contributed by atoms with E-state index >= 15 is 0 Å². The van der Waals surface area contributed by atoms with Gasteiger partial charge in [-0.25, -0.2) is 4.98 Å². The van der Waals surface area contributed by atoms with Crippen LogP contribution in [-0.2, 0) is 12.7 Å². The number of hydrogen-bond acceptors (Lipinski definition) is 4. The van der Waals surface area contributed by atoms with Gasteiger partial charge in [-0.05, 0) is 42.5 Å². The van der Waals surface area contributed by atoms with Crippen molar-refractivity contribution in [1.82, 2.24) is 9.97 Å². The molecule has 2 heterocycles. The zero-order valence-electron chi connectivity index (χ0n) is 14.0. The minimum absolute atomic E-state index is 0.0645. The number of benzene rings is 1. The number of nitrogens with zero attached hydrogens (tertiary/aromatic N) is 2. The third-order valence-corrected chi connectivity index (χ3v) is 3.65. The van der Waals surface area contributed by atoms with E-state index in [0.29, 0.717) is 12.4 Å². The maximum absolute atomic E-state index is 12.8. The van der Waals surface area contributed by atoms with Crippen LogP contribution in [0.3, 0.4) is 0 Å². The van der Waals surface area contributed by atoms with Crippen molar-refractivity contribution in [1.29, 1.82) is 0 Å². The number of amides is 1. The van der Waals surface area contributed by atoms with E-state index in [1.54, 1.807) is 12.3 Å². The van der Waals surface area contributed by atoms with Crippen LogP contribution in [0, 0.1) is 0 Å². The topological polar surface area (TPSA) is 66.9 Å². The van der Waals surface area contributed by atoms with Crippen molar-refractivity contribution >= 4 is 17.4 Å². The molecule has 0 fully saturated rings. The van der Waals surface area contributed by atoms with Crippen LogP contribution in [0.25, 0.3) is 0 Å². The summed E-state index contributed by atoms with van der Waals surface area (Å²) in [6.45, 7) is 0.423. The van der Waals surface area contributed by atoms with Gasteiger partial charge in [0.2, 0.25) is 0 Å². The van der Waals surface area contributed by atoms with Crippen LogP contribution in [0.15, 0.2) is 67.0 Å². The number of anilines is 2. The van der Waals surface area contributed by atoms with Crippen LogP contribution in [-0.4, -0.2) is 15.9 Å². The van der Waals surface area contributed by atoms with Gasteiger partial charge in [0.15, 0.2) is 0 Å². The Morgan fingerprint density at radius 2 is 1.81 bits per heavy atom. The Hall–Kier alpha value is -3.42. The summed E-state index contributed by atoms with van der Waals surface area (Å²) in [7, 11) is 0. The second-order valence-corrected chi connectivity index (χ2v) is 5.64. The Morgan fingerprint density at radius 1 is 0.963 bits per heavy atom. The van der Waals surface area contributed by atoms with E-state index in [9.17, 15) is 18.0 Å². The number of hydrogen-bond donors (Lipinski definition) is 2. The molecule has 0 unspecified atom stereocenters. The quantitative estimate of drug-likeness (QED) is 0.698. The number of rotatable bonds is 5. The van der Waals surface area contributed by atoms with E-state index in [1.807, 2.05) is 12.1 Å². The lowest BCUT2D eigenvalue weighted by atomic mass is 10.2. The first kappa shape index (κ1) is 18.4. The monoisotopic (exact) mass is 372 g/mol. The summed E-state index contributed by atoms with van der Waals surface area (Å²) in [5.41, 5.74) is 0.312. The summed E-state index contributed by atoms with van der Waals surface area (Å²) < 4.78 is 38.3. The summed E-state index contributed by atoms with van der Waals surface area (Å²) in [6, 6.07) is 13.0. The molecule has 2 aromatic heterocycles. The molecule has 0 saturated heterocycles. The Kier molecular flexibility index (Phi) is 5.35. The average molecular weight is 372 g/mol. The number of pyridine rings is 2. The molecule has 5 nitrogen and oxygen atoms in total. The highest BCUT2D eigenvalue weighted by atomic mass is 19.4. The molecule has 138 valence electrons. The molecule has 8 heteroatoms. The third-order valence-electron chi connectivity index (χ3n) is 3.65. The van der Waals surface area contributed by atoms with E-state index in [2.05, 4.69) is 20.6 Å². The van der Waals surface area contributed by atoms with Crippen molar-refractivity contribution < 1.29 is 18.0 Å². The van der Waals surface area contributed by atoms with Crippen molar-refractivity contribution in [2.75, 3.05) is 10.6 Å². The number of halogens is 3. The van der Waals surface area contributed by atoms with Crippen LogP contribution in [0.4, 0.5) is 24.7 Å². The molecule has 1 aromatic carbocycles. The van der Waals surface area contributed by atoms with Crippen LogP contribution in [0.1, 0.15) is 21.6 Å². The Balaban J connectivity index is 1.68. The molecular formula is C19H15F3N4O. The first-order chi connectivity index (χ1) is 12.9. The number of nitrogens with one attached hydrogen (secondary N) is 2. The van der Waals surface area contributed by atoms with Crippen LogP contribution in [0.2, 0.25) is 0 Å². The van der Waals surface area contributed by atoms with Gasteiger partial charge in [0.1, 0.15) is 5.82 Å². The highest BCUT2D eigenvalue weighted by Crippen LogP contribution is 2.30. The largest absolute Gasteiger partial charge is 0.416 e. The normalized spacial score (nSPS) is 11.1. The molecule has 0 aliphatic carbocycles. The zero-order valence-corrected chi connectivity index (χ0v) is 14.0. The minimum atomic E-state index is -4.47. The Morgan fingerprint density at radius 3 is 2.56 bits per heavy atom. The van der Waals surface area contributed by atoms with Crippen molar-refractivity contribution in [3.63, 3.8) is 0 Å². The fraction of sp³-hybridized carbons (Fsp3) is 0.105. The van der Waals surface area contributed by atoms with Crippen molar-refractivity contribution in [3.05, 3.63) is 83.8 Å². The summed E-state index contributed by atoms with van der Waals surface area (Å²) in [5.74, 6) is -0.0741. The second-order valence-electron chi connectivity index (χ2n) is 5.64. The van der Waals surface area contributed by atoms with Crippen LogP contribution >= 0.6 is 0 Å². The van der Waals surface area contributed by atoms with Gasteiger partial charge in [0, 0.05) is 23.6 Å². The van der Waals surface area contributed by atoms with Gasteiger partial charge in [-0.15, -0.1) is 0 Å². The lowest BCUT2D eigenvalue weighted by Gasteiger charge is -2.10. The molecule has 27 heavy (non-hydrogen) atoms. The first-order valence-electron chi connectivity index (χ1n) is 8.00. The van der Waals surface area contributed by atoms with Crippen LogP contribution in [0.5, 0.6) is 0 Å². The van der Waals surface area contributed by atoms with Gasteiger partial charge in [0.05, 0.1) is 17.8 Å². The molecule has 0 aliphatic rings. The molecule has 2 N–H and O–H groups in total. The van der Waals surface area contributed by atoms with Crippen LogP contribution < -0.4 is 10.6 Å². The molecule has 3 rings (SSSR count). The molecular weight excluding hydrogens is 357 g/mol. The van der Waals surface area contributed by atoms with E-state index in [4.69, 9.17) is 0 Å². The average Bonchev–Trinajstić information content (AvgIpc) is 2.67. The standard InChI is InChI=1S/C19H15F3N4O/c20-19(21,22)14-4-3-6-15(11-14)26-18(27)13-7-9-24-17(10-13)25-12-16-5-1-2-8-23-16/h1-11H,12H2,(H,24,25)(H,26,27). The predicted octanol–water partition coefficient (Wildman–Crippen LogP) is 4.36. The fourth-order valence-corrected chi connectivity index (χ4v) is 2.33. The van der Waals surface area contributed by atoms with E-state index in [0.717, 1.165) is 17.8 Å². The van der Waals surface area contributed by atoms with Crippen molar-refractivity contribution in [3.8, 4) is 0 Å². The molecule has 0 bridgehead atoms. The Labute approximate surface area is 153 Å². The van der Waals surface area contributed by atoms with Gasteiger partial charge in [-0.1, -0.05) is 12.1 Å². The molecule has 0 atom stereocenters. The summed E-state index contributed by atoms with van der Waals surface area (Å²) in [4.78, 5) is 20.6. The molecule has 0 radical (unpaired) electrons. The molecule has 0 spiro atoms. The lowest BCUT2D eigenvalue weighted by Crippen LogP contribution is -2.14. The molecule has 0 aliphatic heterocycles. The highest BCUT2D eigenvalue weighted by Gasteiger charge is 2.30. The smallest absolute Gasteiger partial charge is 0.364 e. The first-order valence-corrected chi connectivity index (χ1v) is 8.00. The van der Waals surface area contributed by atoms with Gasteiger partial charge < -0.3 is 10.6 Å². The van der Waals surface area contributed by atoms with Crippen molar-refractivity contribution in [2.24, 2.45) is 0 Å². The summed E-state index contributed by atoms with van der Waals surface area (Å²) in [6.07, 6.45) is -1.36. The van der Waals surface area contributed by atoms with Gasteiger partial charge in [-0.2, -0.15) is 13.2 Å². The highest BCUT2D eigenvalue weighted by molar-refractivity contribution is 6.04. The van der Waals surface area contributed by atoms with Gasteiger partial charge in [-0.3, -0.25) is 9.78 Å². The lowest BCUT2D eigenvalue weighted by molar-refractivity contribution is -0.137. The number of carbonyl (C=O) groups is 1. The number of aromatic nitrogens is 2. The van der Waals surface area contributed by atoms with Gasteiger partial charge in [0.25, 0.3) is 5.91 Å². The van der Waals surface area contributed by atoms with Gasteiger partial charge >= 0.3 is 6.18 Å². The number of carbonyl (C=O) groups excluding carboxylic acids is 1. The fourth-order valence-electron chi connectivity index (χ4n) is 2.33. The predicted molar refractivity (Wildman–Crippen MR) is 95.2 cm³/mol. The molecule has 0 saturated carbocycles. The van der Waals surface area contributed by atoms with E-state index in [-0.39, 0.29) is 11.3 Å². The molecule has 1 amide bonds.